The highest BCUT2D eigenvalue weighted by molar-refractivity contribution is 6.26. The minimum atomic E-state index is -0.383. The molecule has 1 amide bonds. The maximum Gasteiger partial charge on any atom is 0.266 e. The molecule has 1 atom stereocenters. The van der Waals surface area contributed by atoms with Crippen molar-refractivity contribution in [1.82, 2.24) is 10.2 Å². The Balaban J connectivity index is 3.68. The first-order chi connectivity index (χ1) is 5.56. The number of rotatable bonds is 4. The van der Waals surface area contributed by atoms with E-state index in [9.17, 15) is 4.79 Å². The summed E-state index contributed by atoms with van der Waals surface area (Å²) in [6.07, 6.45) is 0.839. The predicted molar refractivity (Wildman–Crippen MR) is 46.4 cm³/mol. The van der Waals surface area contributed by atoms with Gasteiger partial charge in [-0.2, -0.15) is 0 Å². The standard InChI is InChI=1S/C7H15N3O2/c1-6(5-10(2)3)9-7(11)4-8-12/h4,6,12H,5H2,1-3H3,(H,9,11)/b8-4+/t6-/m0/s1. The van der Waals surface area contributed by atoms with E-state index in [1.54, 1.807) is 0 Å². The molecule has 0 aliphatic rings. The zero-order chi connectivity index (χ0) is 9.56. The van der Waals surface area contributed by atoms with E-state index in [2.05, 4.69) is 10.5 Å². The van der Waals surface area contributed by atoms with E-state index in [4.69, 9.17) is 5.21 Å². The van der Waals surface area contributed by atoms with Crippen LogP contribution in [0.25, 0.3) is 0 Å². The van der Waals surface area contributed by atoms with Crippen molar-refractivity contribution in [3.63, 3.8) is 0 Å². The number of amides is 1. The van der Waals surface area contributed by atoms with Gasteiger partial charge in [0.1, 0.15) is 6.21 Å². The first-order valence-electron chi connectivity index (χ1n) is 3.69. The zero-order valence-electron chi connectivity index (χ0n) is 7.61. The zero-order valence-corrected chi connectivity index (χ0v) is 7.61. The van der Waals surface area contributed by atoms with Crippen molar-refractivity contribution in [2.45, 2.75) is 13.0 Å². The quantitative estimate of drug-likeness (QED) is 0.342. The highest BCUT2D eigenvalue weighted by Crippen LogP contribution is 1.83. The number of hydrogen-bond acceptors (Lipinski definition) is 4. The molecule has 0 radical (unpaired) electrons. The van der Waals surface area contributed by atoms with E-state index < -0.39 is 0 Å². The molecule has 0 aliphatic heterocycles. The van der Waals surface area contributed by atoms with E-state index >= 15 is 0 Å². The van der Waals surface area contributed by atoms with Gasteiger partial charge in [-0.05, 0) is 21.0 Å². The van der Waals surface area contributed by atoms with Crippen molar-refractivity contribution in [2.24, 2.45) is 5.16 Å². The second kappa shape index (κ2) is 5.54. The van der Waals surface area contributed by atoms with E-state index in [0.29, 0.717) is 0 Å². The molecule has 0 spiro atoms. The molecule has 0 aromatic heterocycles. The Hall–Kier alpha value is -1.10. The van der Waals surface area contributed by atoms with Gasteiger partial charge in [0.15, 0.2) is 0 Å². The van der Waals surface area contributed by atoms with Gasteiger partial charge in [0.2, 0.25) is 0 Å². The smallest absolute Gasteiger partial charge is 0.266 e. The highest BCUT2D eigenvalue weighted by atomic mass is 16.4. The molecule has 0 saturated carbocycles. The summed E-state index contributed by atoms with van der Waals surface area (Å²) >= 11 is 0. The van der Waals surface area contributed by atoms with Crippen molar-refractivity contribution in [3.05, 3.63) is 0 Å². The molecular formula is C7H15N3O2. The molecule has 70 valence electrons. The topological polar surface area (TPSA) is 64.9 Å². The minimum absolute atomic E-state index is 0.0468. The number of nitrogens with zero attached hydrogens (tertiary/aromatic N) is 2. The number of hydrogen-bond donors (Lipinski definition) is 2. The number of oxime groups is 1. The largest absolute Gasteiger partial charge is 0.411 e. The Bertz CT molecular complexity index is 168. The highest BCUT2D eigenvalue weighted by Gasteiger charge is 2.05. The van der Waals surface area contributed by atoms with E-state index in [1.165, 1.54) is 0 Å². The fourth-order valence-electron chi connectivity index (χ4n) is 0.926. The van der Waals surface area contributed by atoms with Crippen LogP contribution in [0.4, 0.5) is 0 Å². The summed E-state index contributed by atoms with van der Waals surface area (Å²) in [7, 11) is 3.84. The maximum atomic E-state index is 10.8. The van der Waals surface area contributed by atoms with Crippen LogP contribution in [0.3, 0.4) is 0 Å². The third-order valence-corrected chi connectivity index (χ3v) is 1.20. The van der Waals surface area contributed by atoms with Crippen molar-refractivity contribution in [2.75, 3.05) is 20.6 Å². The maximum absolute atomic E-state index is 10.8. The fraction of sp³-hybridized carbons (Fsp3) is 0.714. The van der Waals surface area contributed by atoms with Crippen LogP contribution in [-0.4, -0.2) is 48.9 Å². The molecule has 0 aromatic carbocycles. The third kappa shape index (κ3) is 5.67. The summed E-state index contributed by atoms with van der Waals surface area (Å²) in [4.78, 5) is 12.8. The lowest BCUT2D eigenvalue weighted by Gasteiger charge is -2.16. The van der Waals surface area contributed by atoms with Crippen molar-refractivity contribution in [3.8, 4) is 0 Å². The Morgan fingerprint density at radius 1 is 1.75 bits per heavy atom. The molecule has 0 heterocycles. The van der Waals surface area contributed by atoms with Gasteiger partial charge in [-0.15, -0.1) is 0 Å². The SMILES string of the molecule is C[C@@H](CN(C)C)NC(=O)/C=N/O. The van der Waals surface area contributed by atoms with Crippen molar-refractivity contribution < 1.29 is 10.0 Å². The van der Waals surface area contributed by atoms with Crippen LogP contribution in [-0.2, 0) is 4.79 Å². The number of nitrogens with one attached hydrogen (secondary N) is 1. The summed E-state index contributed by atoms with van der Waals surface area (Å²) < 4.78 is 0. The average Bonchev–Trinajstić information content (AvgIpc) is 1.84. The first kappa shape index (κ1) is 10.9. The molecule has 0 unspecified atom stereocenters. The second-order valence-corrected chi connectivity index (χ2v) is 2.92. The predicted octanol–water partition coefficient (Wildman–Crippen LogP) is -0.487. The minimum Gasteiger partial charge on any atom is -0.411 e. The average molecular weight is 173 g/mol. The van der Waals surface area contributed by atoms with Crippen LogP contribution in [0.15, 0.2) is 5.16 Å². The second-order valence-electron chi connectivity index (χ2n) is 2.92. The molecule has 12 heavy (non-hydrogen) atoms. The molecule has 0 aromatic rings. The van der Waals surface area contributed by atoms with Crippen LogP contribution >= 0.6 is 0 Å². The van der Waals surface area contributed by atoms with E-state index in [-0.39, 0.29) is 11.9 Å². The fourth-order valence-corrected chi connectivity index (χ4v) is 0.926. The summed E-state index contributed by atoms with van der Waals surface area (Å²) in [5.41, 5.74) is 0. The van der Waals surface area contributed by atoms with Gasteiger partial charge in [0.25, 0.3) is 5.91 Å². The Labute approximate surface area is 72.0 Å². The van der Waals surface area contributed by atoms with Crippen LogP contribution in [0, 0.1) is 0 Å². The van der Waals surface area contributed by atoms with Gasteiger partial charge < -0.3 is 15.4 Å². The molecule has 5 heteroatoms. The van der Waals surface area contributed by atoms with Gasteiger partial charge >= 0.3 is 0 Å². The number of carbonyl (C=O) groups excluding carboxylic acids is 1. The molecular weight excluding hydrogens is 158 g/mol. The Morgan fingerprint density at radius 2 is 2.33 bits per heavy atom. The lowest BCUT2D eigenvalue weighted by molar-refractivity contribution is -0.115. The van der Waals surface area contributed by atoms with Gasteiger partial charge in [-0.1, -0.05) is 5.16 Å². The third-order valence-electron chi connectivity index (χ3n) is 1.20. The van der Waals surface area contributed by atoms with E-state index in [0.717, 1.165) is 12.8 Å². The van der Waals surface area contributed by atoms with Gasteiger partial charge in [-0.3, -0.25) is 4.79 Å². The van der Waals surface area contributed by atoms with Crippen LogP contribution in [0.2, 0.25) is 0 Å². The molecule has 0 aliphatic carbocycles. The van der Waals surface area contributed by atoms with Gasteiger partial charge in [0.05, 0.1) is 0 Å². The van der Waals surface area contributed by atoms with E-state index in [1.807, 2.05) is 25.9 Å². The molecule has 0 rings (SSSR count). The van der Waals surface area contributed by atoms with Gasteiger partial charge in [-0.25, -0.2) is 0 Å². The van der Waals surface area contributed by atoms with Crippen molar-refractivity contribution >= 4 is 12.1 Å². The lowest BCUT2D eigenvalue weighted by atomic mass is 10.3. The molecule has 5 nitrogen and oxygen atoms in total. The molecule has 0 saturated heterocycles. The molecule has 2 N–H and O–H groups in total. The van der Waals surface area contributed by atoms with Crippen LogP contribution in [0.1, 0.15) is 6.92 Å². The summed E-state index contributed by atoms with van der Waals surface area (Å²) in [6, 6.07) is 0.0468. The lowest BCUT2D eigenvalue weighted by Crippen LogP contribution is -2.40. The van der Waals surface area contributed by atoms with Gasteiger partial charge in [0, 0.05) is 12.6 Å². The van der Waals surface area contributed by atoms with Crippen molar-refractivity contribution in [1.29, 1.82) is 0 Å². The summed E-state index contributed by atoms with van der Waals surface area (Å²) in [5, 5.41) is 13.3. The summed E-state index contributed by atoms with van der Waals surface area (Å²) in [5.74, 6) is -0.383. The summed E-state index contributed by atoms with van der Waals surface area (Å²) in [6.45, 7) is 2.63. The van der Waals surface area contributed by atoms with Crippen LogP contribution < -0.4 is 5.32 Å². The molecule has 0 bridgehead atoms. The monoisotopic (exact) mass is 173 g/mol. The normalized spacial score (nSPS) is 13.7. The van der Waals surface area contributed by atoms with Crippen LogP contribution in [0.5, 0.6) is 0 Å². The number of likely N-dealkylation sites (N-methyl/N-ethyl adjacent to an activating group) is 1. The first-order valence-corrected chi connectivity index (χ1v) is 3.69. The molecule has 0 fully saturated rings. The Morgan fingerprint density at radius 3 is 2.75 bits per heavy atom. The number of carbonyl (C=O) groups is 1. The Kier molecular flexibility index (Phi) is 5.03.